The zero-order valence-corrected chi connectivity index (χ0v) is 8.82. The number of alkyl halides is 3. The van der Waals surface area contributed by atoms with E-state index in [2.05, 4.69) is 4.74 Å². The predicted molar refractivity (Wildman–Crippen MR) is 52.2 cm³/mol. The summed E-state index contributed by atoms with van der Waals surface area (Å²) in [5.74, 6) is -0.949. The zero-order valence-electron chi connectivity index (χ0n) is 8.06. The molecule has 0 heterocycles. The first kappa shape index (κ1) is 12.6. The molecule has 1 aromatic rings. The zero-order chi connectivity index (χ0) is 12.5. The Balaban J connectivity index is 3.45. The molecule has 1 rings (SSSR count). The first-order valence-corrected chi connectivity index (χ1v) is 4.40. The van der Waals surface area contributed by atoms with E-state index in [0.717, 1.165) is 19.2 Å². The van der Waals surface area contributed by atoms with Crippen LogP contribution in [0.4, 0.5) is 18.9 Å². The monoisotopic (exact) mass is 253 g/mol. The second-order valence-electron chi connectivity index (χ2n) is 2.88. The molecule has 0 unspecified atom stereocenters. The summed E-state index contributed by atoms with van der Waals surface area (Å²) in [4.78, 5) is 11.1. The number of ether oxygens (including phenoxy) is 1. The van der Waals surface area contributed by atoms with E-state index in [9.17, 15) is 18.0 Å². The Labute approximate surface area is 93.9 Å². The van der Waals surface area contributed by atoms with E-state index in [0.29, 0.717) is 0 Å². The molecular formula is C9H7ClF3NO2. The van der Waals surface area contributed by atoms with Crippen LogP contribution in [0.25, 0.3) is 0 Å². The van der Waals surface area contributed by atoms with Crippen molar-refractivity contribution in [3.8, 4) is 0 Å². The van der Waals surface area contributed by atoms with E-state index in [-0.39, 0.29) is 5.56 Å². The Hall–Kier alpha value is -1.43. The molecule has 3 nitrogen and oxygen atoms in total. The van der Waals surface area contributed by atoms with E-state index >= 15 is 0 Å². The number of hydrogen-bond acceptors (Lipinski definition) is 3. The lowest BCUT2D eigenvalue weighted by atomic mass is 10.1. The van der Waals surface area contributed by atoms with Gasteiger partial charge in [-0.25, -0.2) is 4.79 Å². The molecule has 0 amide bonds. The largest absolute Gasteiger partial charge is 0.465 e. The quantitative estimate of drug-likeness (QED) is 0.618. The standard InChI is InChI=1S/C9H7ClF3NO2/c1-16-8(15)4-2-3-5(14)6(7(4)10)9(11,12)13/h2-3H,14H2,1H3. The molecule has 7 heteroatoms. The third-order valence-electron chi connectivity index (χ3n) is 1.86. The van der Waals surface area contributed by atoms with Crippen LogP contribution in [0.5, 0.6) is 0 Å². The third-order valence-corrected chi connectivity index (χ3v) is 2.26. The maximum atomic E-state index is 12.5. The number of rotatable bonds is 1. The molecule has 0 radical (unpaired) electrons. The Morgan fingerprint density at radius 1 is 1.44 bits per heavy atom. The fourth-order valence-electron chi connectivity index (χ4n) is 1.15. The van der Waals surface area contributed by atoms with Gasteiger partial charge in [-0.1, -0.05) is 11.6 Å². The van der Waals surface area contributed by atoms with Crippen LogP contribution in [0.15, 0.2) is 12.1 Å². The molecule has 0 aliphatic rings. The lowest BCUT2D eigenvalue weighted by Gasteiger charge is -2.13. The number of nitrogen functional groups attached to an aromatic ring is 1. The topological polar surface area (TPSA) is 52.3 Å². The number of carbonyl (C=O) groups is 1. The molecule has 0 fully saturated rings. The van der Waals surface area contributed by atoms with Crippen LogP contribution < -0.4 is 5.73 Å². The first-order valence-electron chi connectivity index (χ1n) is 4.02. The SMILES string of the molecule is COC(=O)c1ccc(N)c(C(F)(F)F)c1Cl. The number of esters is 1. The van der Waals surface area contributed by atoms with Crippen molar-refractivity contribution in [2.24, 2.45) is 0 Å². The molecule has 0 saturated heterocycles. The van der Waals surface area contributed by atoms with Gasteiger partial charge in [0.25, 0.3) is 0 Å². The fraction of sp³-hybridized carbons (Fsp3) is 0.222. The summed E-state index contributed by atoms with van der Waals surface area (Å²) in [5, 5.41) is -0.751. The van der Waals surface area contributed by atoms with Crippen molar-refractivity contribution in [1.82, 2.24) is 0 Å². The van der Waals surface area contributed by atoms with E-state index in [1.807, 2.05) is 0 Å². The minimum absolute atomic E-state index is 0.370. The third kappa shape index (κ3) is 2.21. The van der Waals surface area contributed by atoms with Gasteiger partial charge >= 0.3 is 12.1 Å². The lowest BCUT2D eigenvalue weighted by molar-refractivity contribution is -0.136. The number of carbonyl (C=O) groups excluding carboxylic acids is 1. The van der Waals surface area contributed by atoms with Gasteiger partial charge in [0.05, 0.1) is 23.3 Å². The summed E-state index contributed by atoms with van der Waals surface area (Å²) in [6.45, 7) is 0. The molecule has 0 aliphatic heterocycles. The normalized spacial score (nSPS) is 11.3. The van der Waals surface area contributed by atoms with Crippen LogP contribution in [0.1, 0.15) is 15.9 Å². The summed E-state index contributed by atoms with van der Waals surface area (Å²) in [7, 11) is 1.04. The highest BCUT2D eigenvalue weighted by atomic mass is 35.5. The number of methoxy groups -OCH3 is 1. The highest BCUT2D eigenvalue weighted by molar-refractivity contribution is 6.34. The van der Waals surface area contributed by atoms with Crippen molar-refractivity contribution in [1.29, 1.82) is 0 Å². The molecule has 16 heavy (non-hydrogen) atoms. The molecular weight excluding hydrogens is 247 g/mol. The number of benzene rings is 1. The summed E-state index contributed by atoms with van der Waals surface area (Å²) in [6.07, 6.45) is -4.72. The second-order valence-corrected chi connectivity index (χ2v) is 3.26. The predicted octanol–water partition coefficient (Wildman–Crippen LogP) is 2.73. The molecule has 0 bridgehead atoms. The fourth-order valence-corrected chi connectivity index (χ4v) is 1.50. The summed E-state index contributed by atoms with van der Waals surface area (Å²) in [6, 6.07) is 2.04. The maximum Gasteiger partial charge on any atom is 0.419 e. The van der Waals surface area contributed by atoms with Crippen molar-refractivity contribution in [2.75, 3.05) is 12.8 Å². The Morgan fingerprint density at radius 3 is 2.44 bits per heavy atom. The van der Waals surface area contributed by atoms with Gasteiger partial charge in [-0.15, -0.1) is 0 Å². The van der Waals surface area contributed by atoms with Gasteiger partial charge in [0.15, 0.2) is 0 Å². The van der Waals surface area contributed by atoms with Crippen molar-refractivity contribution in [3.05, 3.63) is 28.3 Å². The molecule has 2 N–H and O–H groups in total. The molecule has 1 aromatic carbocycles. The van der Waals surface area contributed by atoms with E-state index in [4.69, 9.17) is 17.3 Å². The smallest absolute Gasteiger partial charge is 0.419 e. The minimum Gasteiger partial charge on any atom is -0.465 e. The number of halogens is 4. The maximum absolute atomic E-state index is 12.5. The molecule has 0 saturated carbocycles. The molecule has 0 spiro atoms. The van der Waals surface area contributed by atoms with Gasteiger partial charge in [0, 0.05) is 5.69 Å². The van der Waals surface area contributed by atoms with Crippen LogP contribution in [-0.2, 0) is 10.9 Å². The van der Waals surface area contributed by atoms with E-state index in [1.165, 1.54) is 0 Å². The van der Waals surface area contributed by atoms with Crippen LogP contribution in [0, 0.1) is 0 Å². The number of hydrogen-bond donors (Lipinski definition) is 1. The van der Waals surface area contributed by atoms with Gasteiger partial charge in [-0.2, -0.15) is 13.2 Å². The van der Waals surface area contributed by atoms with Crippen LogP contribution >= 0.6 is 11.6 Å². The number of anilines is 1. The van der Waals surface area contributed by atoms with Crippen LogP contribution in [0.2, 0.25) is 5.02 Å². The van der Waals surface area contributed by atoms with Crippen molar-refractivity contribution >= 4 is 23.3 Å². The second kappa shape index (κ2) is 4.21. The lowest BCUT2D eigenvalue weighted by Crippen LogP contribution is -2.13. The van der Waals surface area contributed by atoms with Crippen LogP contribution in [-0.4, -0.2) is 13.1 Å². The van der Waals surface area contributed by atoms with Crippen molar-refractivity contribution in [2.45, 2.75) is 6.18 Å². The summed E-state index contributed by atoms with van der Waals surface area (Å²) < 4.78 is 41.9. The average Bonchev–Trinajstić information content (AvgIpc) is 2.14. The van der Waals surface area contributed by atoms with E-state index < -0.39 is 28.4 Å². The first-order chi connectivity index (χ1) is 7.29. The van der Waals surface area contributed by atoms with Crippen LogP contribution in [0.3, 0.4) is 0 Å². The molecule has 0 aromatic heterocycles. The van der Waals surface area contributed by atoms with Gasteiger partial charge in [-0.3, -0.25) is 0 Å². The summed E-state index contributed by atoms with van der Waals surface area (Å²) in [5.41, 5.74) is 3.03. The van der Waals surface area contributed by atoms with Gasteiger partial charge in [0.1, 0.15) is 0 Å². The number of nitrogens with two attached hydrogens (primary N) is 1. The van der Waals surface area contributed by atoms with Gasteiger partial charge in [-0.05, 0) is 12.1 Å². The van der Waals surface area contributed by atoms with Crippen molar-refractivity contribution in [3.63, 3.8) is 0 Å². The highest BCUT2D eigenvalue weighted by Gasteiger charge is 2.37. The Bertz CT molecular complexity index is 431. The van der Waals surface area contributed by atoms with Gasteiger partial charge < -0.3 is 10.5 Å². The molecule has 88 valence electrons. The van der Waals surface area contributed by atoms with Crippen molar-refractivity contribution < 1.29 is 22.7 Å². The highest BCUT2D eigenvalue weighted by Crippen LogP contribution is 2.40. The summed E-state index contributed by atoms with van der Waals surface area (Å²) >= 11 is 5.47. The van der Waals surface area contributed by atoms with E-state index in [1.54, 1.807) is 0 Å². The molecule has 0 aliphatic carbocycles. The molecule has 0 atom stereocenters. The van der Waals surface area contributed by atoms with Gasteiger partial charge in [0.2, 0.25) is 0 Å². The average molecular weight is 254 g/mol. The minimum atomic E-state index is -4.72. The Morgan fingerprint density at radius 2 is 2.00 bits per heavy atom. The Kier molecular flexibility index (Phi) is 3.32.